The first-order valence-corrected chi connectivity index (χ1v) is 6.94. The Balaban J connectivity index is 2.28. The fourth-order valence-electron chi connectivity index (χ4n) is 2.26. The molecule has 1 aromatic carbocycles. The molecule has 0 saturated carbocycles. The molecule has 19 heavy (non-hydrogen) atoms. The van der Waals surface area contributed by atoms with Gasteiger partial charge in [-0.15, -0.1) is 0 Å². The summed E-state index contributed by atoms with van der Waals surface area (Å²) in [7, 11) is 1.95. The molecule has 0 aliphatic heterocycles. The third-order valence-corrected chi connectivity index (χ3v) is 3.37. The second-order valence-electron chi connectivity index (χ2n) is 5.23. The van der Waals surface area contributed by atoms with E-state index in [0.29, 0.717) is 5.92 Å². The third-order valence-electron chi connectivity index (χ3n) is 3.37. The molecule has 0 radical (unpaired) electrons. The maximum Gasteiger partial charge on any atom is 0.0839 e. The largest absolute Gasteiger partial charge is 0.305 e. The summed E-state index contributed by atoms with van der Waals surface area (Å²) in [6, 6.07) is 11.1. The average Bonchev–Trinajstić information content (AvgIpc) is 2.82. The highest BCUT2D eigenvalue weighted by Crippen LogP contribution is 2.23. The van der Waals surface area contributed by atoms with Crippen LogP contribution in [0.3, 0.4) is 0 Å². The van der Waals surface area contributed by atoms with Gasteiger partial charge in [0.15, 0.2) is 0 Å². The topological polar surface area (TPSA) is 29.9 Å². The normalized spacial score (nSPS) is 12.9. The molecule has 102 valence electrons. The van der Waals surface area contributed by atoms with Crippen LogP contribution in [-0.4, -0.2) is 16.3 Å². The summed E-state index contributed by atoms with van der Waals surface area (Å²) in [4.78, 5) is 0. The molecule has 0 aliphatic rings. The predicted octanol–water partition coefficient (Wildman–Crippen LogP) is 3.24. The highest BCUT2D eigenvalue weighted by Gasteiger charge is 2.15. The molecule has 1 unspecified atom stereocenters. The molecular weight excluding hydrogens is 234 g/mol. The van der Waals surface area contributed by atoms with Crippen LogP contribution in [0.4, 0.5) is 0 Å². The Kier molecular flexibility index (Phi) is 4.38. The summed E-state index contributed by atoms with van der Waals surface area (Å²) in [5, 5.41) is 8.02. The third kappa shape index (κ3) is 3.24. The van der Waals surface area contributed by atoms with Crippen molar-refractivity contribution in [2.45, 2.75) is 32.7 Å². The number of aromatic nitrogens is 2. The highest BCUT2D eigenvalue weighted by atomic mass is 15.3. The summed E-state index contributed by atoms with van der Waals surface area (Å²) in [5.41, 5.74) is 3.71. The van der Waals surface area contributed by atoms with Crippen molar-refractivity contribution in [2.75, 3.05) is 6.54 Å². The van der Waals surface area contributed by atoms with E-state index in [9.17, 15) is 0 Å². The number of aryl methyl sites for hydroxylation is 1. The van der Waals surface area contributed by atoms with Crippen molar-refractivity contribution in [1.29, 1.82) is 0 Å². The summed E-state index contributed by atoms with van der Waals surface area (Å²) >= 11 is 0. The van der Waals surface area contributed by atoms with E-state index >= 15 is 0 Å². The first-order valence-electron chi connectivity index (χ1n) is 6.94. The summed E-state index contributed by atoms with van der Waals surface area (Å²) in [5.74, 6) is 0.571. The Bertz CT molecular complexity index is 511. The van der Waals surface area contributed by atoms with Crippen LogP contribution in [0.25, 0.3) is 0 Å². The lowest BCUT2D eigenvalue weighted by atomic mass is 9.98. The zero-order valence-electron chi connectivity index (χ0n) is 12.2. The van der Waals surface area contributed by atoms with Gasteiger partial charge < -0.3 is 5.32 Å². The van der Waals surface area contributed by atoms with Crippen molar-refractivity contribution in [3.05, 3.63) is 53.3 Å². The number of hydrogen-bond acceptors (Lipinski definition) is 2. The molecule has 1 heterocycles. The van der Waals surface area contributed by atoms with Gasteiger partial charge in [0.1, 0.15) is 0 Å². The predicted molar refractivity (Wildman–Crippen MR) is 79.3 cm³/mol. The first-order chi connectivity index (χ1) is 9.11. The van der Waals surface area contributed by atoms with Crippen molar-refractivity contribution in [3.8, 4) is 0 Å². The monoisotopic (exact) mass is 257 g/mol. The van der Waals surface area contributed by atoms with E-state index in [1.807, 2.05) is 17.9 Å². The smallest absolute Gasteiger partial charge is 0.0839 e. The van der Waals surface area contributed by atoms with Gasteiger partial charge in [0.25, 0.3) is 0 Å². The number of rotatable bonds is 5. The summed E-state index contributed by atoms with van der Waals surface area (Å²) in [6.07, 6.45) is 1.99. The van der Waals surface area contributed by atoms with Gasteiger partial charge >= 0.3 is 0 Å². The zero-order valence-corrected chi connectivity index (χ0v) is 12.2. The van der Waals surface area contributed by atoms with Crippen LogP contribution in [0.15, 0.2) is 36.5 Å². The maximum atomic E-state index is 4.52. The zero-order chi connectivity index (χ0) is 13.8. The van der Waals surface area contributed by atoms with Crippen LogP contribution < -0.4 is 5.32 Å². The molecule has 0 aliphatic carbocycles. The van der Waals surface area contributed by atoms with E-state index in [1.54, 1.807) is 0 Å². The average molecular weight is 257 g/mol. The van der Waals surface area contributed by atoms with Gasteiger partial charge in [-0.25, -0.2) is 0 Å². The van der Waals surface area contributed by atoms with E-state index in [2.05, 4.69) is 61.5 Å². The van der Waals surface area contributed by atoms with Gasteiger partial charge in [0.05, 0.1) is 11.7 Å². The van der Waals surface area contributed by atoms with Crippen molar-refractivity contribution in [1.82, 2.24) is 15.1 Å². The van der Waals surface area contributed by atoms with Crippen LogP contribution in [0.5, 0.6) is 0 Å². The Morgan fingerprint density at radius 2 is 1.74 bits per heavy atom. The summed E-state index contributed by atoms with van der Waals surface area (Å²) < 4.78 is 1.85. The van der Waals surface area contributed by atoms with Crippen molar-refractivity contribution in [2.24, 2.45) is 7.05 Å². The molecule has 0 amide bonds. The highest BCUT2D eigenvalue weighted by molar-refractivity contribution is 5.31. The molecule has 0 bridgehead atoms. The minimum atomic E-state index is 0.174. The van der Waals surface area contributed by atoms with E-state index < -0.39 is 0 Å². The fraction of sp³-hybridized carbons (Fsp3) is 0.438. The second-order valence-corrected chi connectivity index (χ2v) is 5.23. The van der Waals surface area contributed by atoms with Gasteiger partial charge in [0, 0.05) is 13.2 Å². The fourth-order valence-corrected chi connectivity index (χ4v) is 2.26. The van der Waals surface area contributed by atoms with Crippen LogP contribution in [-0.2, 0) is 7.05 Å². The Labute approximate surface area is 115 Å². The van der Waals surface area contributed by atoms with Gasteiger partial charge in [-0.2, -0.15) is 5.10 Å². The van der Waals surface area contributed by atoms with Gasteiger partial charge in [-0.1, -0.05) is 45.0 Å². The lowest BCUT2D eigenvalue weighted by molar-refractivity contribution is 0.599. The van der Waals surface area contributed by atoms with Gasteiger partial charge in [-0.3, -0.25) is 4.68 Å². The lowest BCUT2D eigenvalue weighted by Crippen LogP contribution is -2.22. The molecule has 2 aromatic rings. The molecule has 2 rings (SSSR count). The minimum Gasteiger partial charge on any atom is -0.305 e. The molecule has 0 saturated heterocycles. The van der Waals surface area contributed by atoms with Crippen molar-refractivity contribution < 1.29 is 0 Å². The van der Waals surface area contributed by atoms with Gasteiger partial charge in [0.2, 0.25) is 0 Å². The van der Waals surface area contributed by atoms with E-state index in [0.717, 1.165) is 12.2 Å². The maximum absolute atomic E-state index is 4.52. The minimum absolute atomic E-state index is 0.174. The lowest BCUT2D eigenvalue weighted by Gasteiger charge is -2.17. The standard InChI is InChI=1S/C16H23N3/c1-5-17-16(15-10-11-19(4)18-15)14-8-6-13(7-9-14)12(2)3/h6-12,16-17H,5H2,1-4H3. The van der Waals surface area contributed by atoms with E-state index in [-0.39, 0.29) is 6.04 Å². The molecule has 3 nitrogen and oxygen atoms in total. The number of nitrogens with zero attached hydrogens (tertiary/aromatic N) is 2. The summed E-state index contributed by atoms with van der Waals surface area (Å²) in [6.45, 7) is 7.48. The van der Waals surface area contributed by atoms with E-state index in [4.69, 9.17) is 0 Å². The Hall–Kier alpha value is -1.61. The Morgan fingerprint density at radius 1 is 1.11 bits per heavy atom. The number of nitrogens with one attached hydrogen (secondary N) is 1. The number of hydrogen-bond donors (Lipinski definition) is 1. The molecule has 0 spiro atoms. The Morgan fingerprint density at radius 3 is 2.21 bits per heavy atom. The van der Waals surface area contributed by atoms with Crippen molar-refractivity contribution in [3.63, 3.8) is 0 Å². The quantitative estimate of drug-likeness (QED) is 0.891. The molecule has 1 atom stereocenters. The molecule has 0 fully saturated rings. The second kappa shape index (κ2) is 6.02. The van der Waals surface area contributed by atoms with Crippen LogP contribution in [0.2, 0.25) is 0 Å². The molecular formula is C16H23N3. The van der Waals surface area contributed by atoms with Crippen LogP contribution in [0, 0.1) is 0 Å². The SMILES string of the molecule is CCNC(c1ccc(C(C)C)cc1)c1ccn(C)n1. The van der Waals surface area contributed by atoms with Gasteiger partial charge in [-0.05, 0) is 29.7 Å². The van der Waals surface area contributed by atoms with Crippen LogP contribution in [0.1, 0.15) is 49.6 Å². The number of benzene rings is 1. The molecule has 3 heteroatoms. The van der Waals surface area contributed by atoms with E-state index in [1.165, 1.54) is 11.1 Å². The first kappa shape index (κ1) is 13.8. The molecule has 1 aromatic heterocycles. The van der Waals surface area contributed by atoms with Crippen LogP contribution >= 0.6 is 0 Å². The van der Waals surface area contributed by atoms with Crippen molar-refractivity contribution >= 4 is 0 Å². The molecule has 1 N–H and O–H groups in total.